The van der Waals surface area contributed by atoms with Gasteiger partial charge in [-0.05, 0) is 38.5 Å². The SMILES string of the molecule is Cc1ccc(S(=O)(=O)OC(=O)C(C)(C)c2ccc([N+](=O)[O-])cc2)cc1. The number of carbonyl (C=O) groups is 1. The van der Waals surface area contributed by atoms with E-state index in [1.807, 2.05) is 0 Å². The molecule has 0 spiro atoms. The summed E-state index contributed by atoms with van der Waals surface area (Å²) in [6, 6.07) is 11.2. The van der Waals surface area contributed by atoms with Gasteiger partial charge in [-0.2, -0.15) is 8.42 Å². The zero-order chi connectivity index (χ0) is 18.8. The quantitative estimate of drug-likeness (QED) is 0.459. The first-order valence-corrected chi connectivity index (χ1v) is 8.75. The Morgan fingerprint density at radius 1 is 1.04 bits per heavy atom. The second-order valence-corrected chi connectivity index (χ2v) is 7.61. The highest BCUT2D eigenvalue weighted by molar-refractivity contribution is 7.87. The lowest BCUT2D eigenvalue weighted by Crippen LogP contribution is -2.32. The highest BCUT2D eigenvalue weighted by Crippen LogP contribution is 2.28. The largest absolute Gasteiger partial charge is 0.341 e. The molecule has 132 valence electrons. The average Bonchev–Trinajstić information content (AvgIpc) is 2.54. The minimum Gasteiger partial charge on any atom is -0.341 e. The molecule has 2 aromatic carbocycles. The molecule has 0 unspecified atom stereocenters. The molecule has 7 nitrogen and oxygen atoms in total. The monoisotopic (exact) mass is 363 g/mol. The van der Waals surface area contributed by atoms with Gasteiger partial charge in [-0.15, -0.1) is 0 Å². The molecule has 0 N–H and O–H groups in total. The molecule has 0 aliphatic carbocycles. The minimum absolute atomic E-state index is 0.119. The summed E-state index contributed by atoms with van der Waals surface area (Å²) in [5, 5.41) is 10.7. The van der Waals surface area contributed by atoms with E-state index in [1.54, 1.807) is 19.1 Å². The number of non-ortho nitro benzene ring substituents is 1. The van der Waals surface area contributed by atoms with Gasteiger partial charge in [0, 0.05) is 12.1 Å². The molecule has 0 atom stereocenters. The number of aryl methyl sites for hydroxylation is 1. The predicted octanol–water partition coefficient (Wildman–Crippen LogP) is 3.11. The standard InChI is InChI=1S/C17H17NO6S/c1-12-4-10-15(11-5-12)25(22,23)24-16(19)17(2,3)13-6-8-14(9-7-13)18(20)21/h4-11H,1-3H3. The molecule has 2 rings (SSSR count). The fraction of sp³-hybridized carbons (Fsp3) is 0.235. The Morgan fingerprint density at radius 2 is 1.56 bits per heavy atom. The molecule has 0 bridgehead atoms. The second kappa shape index (κ2) is 6.64. The van der Waals surface area contributed by atoms with Gasteiger partial charge < -0.3 is 4.18 Å². The Morgan fingerprint density at radius 3 is 2.04 bits per heavy atom. The number of hydrogen-bond acceptors (Lipinski definition) is 6. The van der Waals surface area contributed by atoms with Crippen LogP contribution in [0.1, 0.15) is 25.0 Å². The first-order valence-electron chi connectivity index (χ1n) is 7.34. The van der Waals surface area contributed by atoms with Crippen LogP contribution < -0.4 is 0 Å². The van der Waals surface area contributed by atoms with E-state index in [1.165, 1.54) is 50.2 Å². The fourth-order valence-electron chi connectivity index (χ4n) is 2.07. The summed E-state index contributed by atoms with van der Waals surface area (Å²) in [6.07, 6.45) is 0. The normalized spacial score (nSPS) is 11.8. The van der Waals surface area contributed by atoms with Crippen molar-refractivity contribution in [3.8, 4) is 0 Å². The molecule has 0 heterocycles. The van der Waals surface area contributed by atoms with Crippen LogP contribution in [0, 0.1) is 17.0 Å². The van der Waals surface area contributed by atoms with E-state index >= 15 is 0 Å². The van der Waals surface area contributed by atoms with Gasteiger partial charge in [0.2, 0.25) is 0 Å². The molecule has 0 saturated carbocycles. The Balaban J connectivity index is 2.25. The summed E-state index contributed by atoms with van der Waals surface area (Å²) in [7, 11) is -4.25. The molecule has 0 aliphatic rings. The molecule has 0 aliphatic heterocycles. The van der Waals surface area contributed by atoms with Crippen LogP contribution in [0.2, 0.25) is 0 Å². The number of nitrogens with zero attached hydrogens (tertiary/aromatic N) is 1. The molecule has 0 saturated heterocycles. The Labute approximate surface area is 145 Å². The topological polar surface area (TPSA) is 104 Å². The van der Waals surface area contributed by atoms with Crippen LogP contribution in [-0.4, -0.2) is 19.3 Å². The predicted molar refractivity (Wildman–Crippen MR) is 90.6 cm³/mol. The maximum absolute atomic E-state index is 12.4. The van der Waals surface area contributed by atoms with Crippen molar-refractivity contribution in [1.29, 1.82) is 0 Å². The summed E-state index contributed by atoms with van der Waals surface area (Å²) < 4.78 is 29.2. The molecular formula is C17H17NO6S. The molecule has 0 radical (unpaired) electrons. The molecule has 0 amide bonds. The minimum atomic E-state index is -4.25. The van der Waals surface area contributed by atoms with E-state index in [-0.39, 0.29) is 10.6 Å². The van der Waals surface area contributed by atoms with Gasteiger partial charge in [0.1, 0.15) is 4.90 Å². The van der Waals surface area contributed by atoms with Crippen molar-refractivity contribution < 1.29 is 22.3 Å². The first kappa shape index (κ1) is 18.6. The molecule has 0 aromatic heterocycles. The lowest BCUT2D eigenvalue weighted by molar-refractivity contribution is -0.384. The van der Waals surface area contributed by atoms with Crippen molar-refractivity contribution >= 4 is 21.8 Å². The van der Waals surface area contributed by atoms with Crippen LogP contribution in [-0.2, 0) is 24.5 Å². The van der Waals surface area contributed by atoms with Gasteiger partial charge in [0.05, 0.1) is 10.3 Å². The third-order valence-corrected chi connectivity index (χ3v) is 5.03. The van der Waals surface area contributed by atoms with Crippen LogP contribution in [0.15, 0.2) is 53.4 Å². The molecule has 25 heavy (non-hydrogen) atoms. The molecule has 0 fully saturated rings. The smallest absolute Gasteiger partial charge is 0.341 e. The number of rotatable bonds is 5. The fourth-order valence-corrected chi connectivity index (χ4v) is 3.05. The van der Waals surface area contributed by atoms with Crippen molar-refractivity contribution in [3.05, 3.63) is 69.8 Å². The number of benzene rings is 2. The summed E-state index contributed by atoms with van der Waals surface area (Å²) >= 11 is 0. The van der Waals surface area contributed by atoms with E-state index in [9.17, 15) is 23.3 Å². The van der Waals surface area contributed by atoms with Crippen molar-refractivity contribution in [1.82, 2.24) is 0 Å². The van der Waals surface area contributed by atoms with Crippen molar-refractivity contribution in [2.45, 2.75) is 31.1 Å². The zero-order valence-electron chi connectivity index (χ0n) is 13.9. The van der Waals surface area contributed by atoms with E-state index in [4.69, 9.17) is 4.18 Å². The van der Waals surface area contributed by atoms with Crippen molar-refractivity contribution in [2.75, 3.05) is 0 Å². The molecule has 8 heteroatoms. The highest BCUT2D eigenvalue weighted by atomic mass is 32.2. The van der Waals surface area contributed by atoms with Crippen LogP contribution in [0.4, 0.5) is 5.69 Å². The lowest BCUT2D eigenvalue weighted by atomic mass is 9.85. The third kappa shape index (κ3) is 4.03. The lowest BCUT2D eigenvalue weighted by Gasteiger charge is -2.22. The van der Waals surface area contributed by atoms with Crippen LogP contribution in [0.25, 0.3) is 0 Å². The number of carbonyl (C=O) groups excluding carboxylic acids is 1. The van der Waals surface area contributed by atoms with Gasteiger partial charge in [-0.1, -0.05) is 29.8 Å². The summed E-state index contributed by atoms with van der Waals surface area (Å²) in [5.41, 5.74) is -0.147. The molecule has 2 aromatic rings. The summed E-state index contributed by atoms with van der Waals surface area (Å²) in [5.74, 6) is -0.970. The third-order valence-electron chi connectivity index (χ3n) is 3.81. The van der Waals surface area contributed by atoms with Gasteiger partial charge in [-0.3, -0.25) is 10.1 Å². The van der Waals surface area contributed by atoms with E-state index in [2.05, 4.69) is 0 Å². The Bertz CT molecular complexity index is 899. The van der Waals surface area contributed by atoms with Crippen LogP contribution >= 0.6 is 0 Å². The number of nitro groups is 1. The first-order chi connectivity index (χ1) is 11.5. The number of nitro benzene ring substituents is 1. The van der Waals surface area contributed by atoms with E-state index < -0.39 is 26.4 Å². The van der Waals surface area contributed by atoms with Crippen LogP contribution in [0.3, 0.4) is 0 Å². The van der Waals surface area contributed by atoms with Gasteiger partial charge >= 0.3 is 16.1 Å². The summed E-state index contributed by atoms with van der Waals surface area (Å²) in [4.78, 5) is 22.4. The summed E-state index contributed by atoms with van der Waals surface area (Å²) in [6.45, 7) is 4.78. The van der Waals surface area contributed by atoms with Crippen molar-refractivity contribution in [2.24, 2.45) is 0 Å². The van der Waals surface area contributed by atoms with E-state index in [0.29, 0.717) is 5.56 Å². The van der Waals surface area contributed by atoms with Gasteiger partial charge in [-0.25, -0.2) is 4.79 Å². The Kier molecular flexibility index (Phi) is 4.94. The maximum atomic E-state index is 12.4. The number of hydrogen-bond donors (Lipinski definition) is 0. The van der Waals surface area contributed by atoms with E-state index in [0.717, 1.165) is 5.56 Å². The highest BCUT2D eigenvalue weighted by Gasteiger charge is 2.35. The second-order valence-electron chi connectivity index (χ2n) is 6.07. The Hall–Kier alpha value is -2.74. The van der Waals surface area contributed by atoms with Crippen LogP contribution in [0.5, 0.6) is 0 Å². The van der Waals surface area contributed by atoms with Gasteiger partial charge in [0.25, 0.3) is 5.69 Å². The molecular weight excluding hydrogens is 346 g/mol. The van der Waals surface area contributed by atoms with Gasteiger partial charge in [0.15, 0.2) is 0 Å². The van der Waals surface area contributed by atoms with Crippen molar-refractivity contribution in [3.63, 3.8) is 0 Å². The zero-order valence-corrected chi connectivity index (χ0v) is 14.7. The maximum Gasteiger partial charge on any atom is 0.341 e. The average molecular weight is 363 g/mol.